The largest absolute Gasteiger partial charge is 0.322 e. The Labute approximate surface area is 149 Å². The van der Waals surface area contributed by atoms with Crippen molar-refractivity contribution in [1.29, 1.82) is 0 Å². The highest BCUT2D eigenvalue weighted by molar-refractivity contribution is 6.30. The molecule has 3 rings (SSSR count). The molecule has 1 N–H and O–H groups in total. The summed E-state index contributed by atoms with van der Waals surface area (Å²) >= 11 is 5.69. The van der Waals surface area contributed by atoms with E-state index in [4.69, 9.17) is 11.6 Å². The van der Waals surface area contributed by atoms with E-state index in [-0.39, 0.29) is 18.3 Å². The number of carbonyl (C=O) groups excluding carboxylic acids is 1. The normalized spacial score (nSPS) is 11.0. The molecular formula is C15H10ClF4N5O. The minimum atomic E-state index is -1.76. The molecule has 0 aliphatic heterocycles. The van der Waals surface area contributed by atoms with Gasteiger partial charge in [0.05, 0.1) is 29.6 Å². The number of rotatable bonds is 5. The van der Waals surface area contributed by atoms with Crippen LogP contribution in [0.15, 0.2) is 30.9 Å². The van der Waals surface area contributed by atoms with E-state index in [1.807, 2.05) is 0 Å². The van der Waals surface area contributed by atoms with Gasteiger partial charge in [-0.15, -0.1) is 0 Å². The third-order valence-corrected chi connectivity index (χ3v) is 3.55. The van der Waals surface area contributed by atoms with Crippen LogP contribution in [0, 0.1) is 23.3 Å². The lowest BCUT2D eigenvalue weighted by Gasteiger charge is -2.07. The molecular weight excluding hydrogens is 378 g/mol. The minimum Gasteiger partial charge on any atom is -0.322 e. The zero-order chi connectivity index (χ0) is 18.8. The van der Waals surface area contributed by atoms with Crippen LogP contribution in [-0.2, 0) is 17.9 Å². The number of nitrogens with zero attached hydrogens (tertiary/aromatic N) is 4. The molecule has 0 unspecified atom stereocenters. The Balaban J connectivity index is 1.69. The second-order valence-corrected chi connectivity index (χ2v) is 5.71. The summed E-state index contributed by atoms with van der Waals surface area (Å²) in [7, 11) is 0. The summed E-state index contributed by atoms with van der Waals surface area (Å²) in [5.41, 5.74) is -0.437. The highest BCUT2D eigenvalue weighted by Gasteiger charge is 2.19. The van der Waals surface area contributed by atoms with Crippen LogP contribution in [0.1, 0.15) is 5.56 Å². The van der Waals surface area contributed by atoms with Gasteiger partial charge in [-0.1, -0.05) is 11.6 Å². The molecule has 0 atom stereocenters. The van der Waals surface area contributed by atoms with Crippen molar-refractivity contribution in [3.8, 4) is 0 Å². The van der Waals surface area contributed by atoms with Crippen molar-refractivity contribution >= 4 is 23.2 Å². The zero-order valence-electron chi connectivity index (χ0n) is 12.9. The topological polar surface area (TPSA) is 64.7 Å². The summed E-state index contributed by atoms with van der Waals surface area (Å²) in [5, 5.41) is 10.5. The Bertz CT molecular complexity index is 971. The Morgan fingerprint density at radius 1 is 1.04 bits per heavy atom. The predicted molar refractivity (Wildman–Crippen MR) is 83.5 cm³/mol. The van der Waals surface area contributed by atoms with Crippen LogP contribution in [0.2, 0.25) is 5.02 Å². The zero-order valence-corrected chi connectivity index (χ0v) is 13.6. The third-order valence-electron chi connectivity index (χ3n) is 3.35. The van der Waals surface area contributed by atoms with Crippen molar-refractivity contribution in [2.75, 3.05) is 5.32 Å². The fraction of sp³-hybridized carbons (Fsp3) is 0.133. The second-order valence-electron chi connectivity index (χ2n) is 5.28. The van der Waals surface area contributed by atoms with Gasteiger partial charge >= 0.3 is 0 Å². The van der Waals surface area contributed by atoms with Crippen LogP contribution in [0.3, 0.4) is 0 Å². The molecule has 0 saturated heterocycles. The number of anilines is 1. The average molecular weight is 388 g/mol. The van der Waals surface area contributed by atoms with Gasteiger partial charge in [0.25, 0.3) is 0 Å². The first-order valence-corrected chi connectivity index (χ1v) is 7.53. The maximum Gasteiger partial charge on any atom is 0.246 e. The summed E-state index contributed by atoms with van der Waals surface area (Å²) in [4.78, 5) is 11.9. The van der Waals surface area contributed by atoms with Crippen molar-refractivity contribution in [2.45, 2.75) is 13.1 Å². The SMILES string of the molecule is O=C(Cn1cc(Cl)cn1)Nc1cnn(Cc2c(F)cc(F)c(F)c2F)c1. The second kappa shape index (κ2) is 7.16. The van der Waals surface area contributed by atoms with Crippen LogP contribution in [0.4, 0.5) is 23.2 Å². The average Bonchev–Trinajstić information content (AvgIpc) is 3.18. The van der Waals surface area contributed by atoms with Crippen LogP contribution in [-0.4, -0.2) is 25.5 Å². The van der Waals surface area contributed by atoms with Gasteiger partial charge < -0.3 is 5.32 Å². The van der Waals surface area contributed by atoms with E-state index in [0.29, 0.717) is 5.02 Å². The van der Waals surface area contributed by atoms with Gasteiger partial charge in [0.15, 0.2) is 17.5 Å². The Hall–Kier alpha value is -2.88. The number of benzene rings is 1. The summed E-state index contributed by atoms with van der Waals surface area (Å²) in [6.45, 7) is -0.593. The molecule has 1 amide bonds. The minimum absolute atomic E-state index is 0.107. The number of carbonyl (C=O) groups is 1. The highest BCUT2D eigenvalue weighted by Crippen LogP contribution is 2.20. The quantitative estimate of drug-likeness (QED) is 0.416. The molecule has 3 aromatic rings. The molecule has 0 spiro atoms. The van der Waals surface area contributed by atoms with Gasteiger partial charge in [-0.25, -0.2) is 17.6 Å². The molecule has 136 valence electrons. The molecule has 1 aromatic carbocycles. The highest BCUT2D eigenvalue weighted by atomic mass is 35.5. The lowest BCUT2D eigenvalue weighted by molar-refractivity contribution is -0.116. The third kappa shape index (κ3) is 3.85. The Kier molecular flexibility index (Phi) is 4.94. The standard InChI is InChI=1S/C15H10ClF4N5O/c16-8-2-21-24(4-8)7-13(26)23-9-3-22-25(5-9)6-10-11(17)1-12(18)15(20)14(10)19/h1-5H,6-7H2,(H,23,26). The lowest BCUT2D eigenvalue weighted by Crippen LogP contribution is -2.18. The molecule has 0 bridgehead atoms. The van der Waals surface area contributed by atoms with Crippen LogP contribution in [0.25, 0.3) is 0 Å². The van der Waals surface area contributed by atoms with Crippen molar-refractivity contribution in [3.05, 3.63) is 64.7 Å². The summed E-state index contributed by atoms with van der Waals surface area (Å²) in [6.07, 6.45) is 5.36. The number of halogens is 5. The van der Waals surface area contributed by atoms with Crippen molar-refractivity contribution in [1.82, 2.24) is 19.6 Å². The van der Waals surface area contributed by atoms with Gasteiger partial charge in [-0.3, -0.25) is 14.2 Å². The number of hydrogen-bond acceptors (Lipinski definition) is 3. The molecule has 0 fully saturated rings. The summed E-state index contributed by atoms with van der Waals surface area (Å²) in [6, 6.07) is 0.259. The fourth-order valence-electron chi connectivity index (χ4n) is 2.20. The lowest BCUT2D eigenvalue weighted by atomic mass is 10.2. The van der Waals surface area contributed by atoms with E-state index < -0.39 is 41.3 Å². The fourth-order valence-corrected chi connectivity index (χ4v) is 2.35. The summed E-state index contributed by atoms with van der Waals surface area (Å²) < 4.78 is 55.9. The molecule has 2 aromatic heterocycles. The van der Waals surface area contributed by atoms with E-state index in [9.17, 15) is 22.4 Å². The number of nitrogens with one attached hydrogen (secondary N) is 1. The Morgan fingerprint density at radius 3 is 2.46 bits per heavy atom. The molecule has 11 heteroatoms. The van der Waals surface area contributed by atoms with Crippen molar-refractivity contribution in [3.63, 3.8) is 0 Å². The number of hydrogen-bond donors (Lipinski definition) is 1. The first-order chi connectivity index (χ1) is 12.3. The molecule has 0 aliphatic carbocycles. The van der Waals surface area contributed by atoms with Gasteiger partial charge in [-0.05, 0) is 0 Å². The van der Waals surface area contributed by atoms with E-state index >= 15 is 0 Å². The van der Waals surface area contributed by atoms with E-state index in [2.05, 4.69) is 15.5 Å². The molecule has 6 nitrogen and oxygen atoms in total. The first kappa shape index (κ1) is 17.9. The smallest absolute Gasteiger partial charge is 0.246 e. The van der Waals surface area contributed by atoms with Gasteiger partial charge in [0.2, 0.25) is 5.91 Å². The van der Waals surface area contributed by atoms with E-state index in [0.717, 1.165) is 4.68 Å². The Morgan fingerprint density at radius 2 is 1.77 bits per heavy atom. The van der Waals surface area contributed by atoms with Gasteiger partial charge in [0, 0.05) is 24.0 Å². The van der Waals surface area contributed by atoms with Gasteiger partial charge in [0.1, 0.15) is 12.4 Å². The molecule has 0 saturated carbocycles. The van der Waals surface area contributed by atoms with Crippen LogP contribution < -0.4 is 5.32 Å². The predicted octanol–water partition coefficient (Wildman–Crippen LogP) is 2.98. The van der Waals surface area contributed by atoms with E-state index in [1.165, 1.54) is 29.5 Å². The first-order valence-electron chi connectivity index (χ1n) is 7.15. The maximum absolute atomic E-state index is 13.7. The molecule has 2 heterocycles. The molecule has 0 aliphatic rings. The number of aromatic nitrogens is 4. The number of amides is 1. The summed E-state index contributed by atoms with van der Waals surface area (Å²) in [5.74, 6) is -6.68. The van der Waals surface area contributed by atoms with E-state index in [1.54, 1.807) is 0 Å². The van der Waals surface area contributed by atoms with Crippen LogP contribution in [0.5, 0.6) is 0 Å². The van der Waals surface area contributed by atoms with Crippen molar-refractivity contribution < 1.29 is 22.4 Å². The molecule has 26 heavy (non-hydrogen) atoms. The maximum atomic E-state index is 13.7. The monoisotopic (exact) mass is 387 g/mol. The van der Waals surface area contributed by atoms with Crippen molar-refractivity contribution in [2.24, 2.45) is 0 Å². The van der Waals surface area contributed by atoms with Gasteiger partial charge in [-0.2, -0.15) is 10.2 Å². The van der Waals surface area contributed by atoms with Crippen LogP contribution >= 0.6 is 11.6 Å². The molecule has 0 radical (unpaired) electrons.